The largest absolute Gasteiger partial charge is 0.487 e. The Morgan fingerprint density at radius 1 is 1.00 bits per heavy atom. The van der Waals surface area contributed by atoms with Crippen LogP contribution in [-0.4, -0.2) is 0 Å². The molecule has 0 aliphatic carbocycles. The normalized spacial score (nSPS) is 10.1. The maximum absolute atomic E-state index is 6.07. The summed E-state index contributed by atoms with van der Waals surface area (Å²) < 4.78 is 5.63. The van der Waals surface area contributed by atoms with Crippen LogP contribution in [0, 0.1) is 6.92 Å². The van der Waals surface area contributed by atoms with E-state index in [1.165, 1.54) is 0 Å². The Hall–Kier alpha value is -1.47. The van der Waals surface area contributed by atoms with Crippen LogP contribution in [0.1, 0.15) is 11.1 Å². The van der Waals surface area contributed by atoms with Gasteiger partial charge in [-0.25, -0.2) is 0 Å². The predicted octanol–water partition coefficient (Wildman–Crippen LogP) is 4.10. The van der Waals surface area contributed by atoms with Crippen LogP contribution in [-0.2, 0) is 6.61 Å². The molecule has 0 saturated heterocycles. The lowest BCUT2D eigenvalue weighted by molar-refractivity contribution is 0.306. The van der Waals surface area contributed by atoms with Crippen LogP contribution in [0.4, 0.5) is 0 Å². The predicted molar refractivity (Wildman–Crippen MR) is 66.7 cm³/mol. The molecule has 0 amide bonds. The van der Waals surface area contributed by atoms with Gasteiger partial charge in [0.05, 0.1) is 5.02 Å². The summed E-state index contributed by atoms with van der Waals surface area (Å²) in [4.78, 5) is 0. The van der Waals surface area contributed by atoms with Gasteiger partial charge in [0.2, 0.25) is 0 Å². The van der Waals surface area contributed by atoms with Crippen LogP contribution in [0.25, 0.3) is 0 Å². The number of rotatable bonds is 3. The topological polar surface area (TPSA) is 9.23 Å². The zero-order valence-corrected chi connectivity index (χ0v) is 9.58. The van der Waals surface area contributed by atoms with Gasteiger partial charge in [-0.3, -0.25) is 0 Å². The van der Waals surface area contributed by atoms with E-state index < -0.39 is 0 Å². The lowest BCUT2D eigenvalue weighted by Gasteiger charge is -2.09. The molecule has 81 valence electrons. The first-order chi connectivity index (χ1) is 7.77. The molecule has 1 radical (unpaired) electrons. The Kier molecular flexibility index (Phi) is 3.47. The maximum Gasteiger partial charge on any atom is 0.138 e. The second kappa shape index (κ2) is 5.04. The van der Waals surface area contributed by atoms with Gasteiger partial charge < -0.3 is 4.74 Å². The van der Waals surface area contributed by atoms with Crippen molar-refractivity contribution in [3.63, 3.8) is 0 Å². The summed E-state index contributed by atoms with van der Waals surface area (Å²) in [5.41, 5.74) is 1.90. The van der Waals surface area contributed by atoms with E-state index in [1.807, 2.05) is 48.5 Å². The molecular formula is C14H12ClO. The first kappa shape index (κ1) is 11.0. The molecule has 0 saturated carbocycles. The molecule has 0 aliphatic heterocycles. The Bertz CT molecular complexity index is 465. The lowest BCUT2D eigenvalue weighted by atomic mass is 10.2. The minimum absolute atomic E-state index is 0.518. The Labute approximate surface area is 101 Å². The molecule has 2 aromatic rings. The van der Waals surface area contributed by atoms with Gasteiger partial charge in [-0.05, 0) is 24.1 Å². The Morgan fingerprint density at radius 3 is 2.50 bits per heavy atom. The third-order valence-electron chi connectivity index (χ3n) is 2.28. The summed E-state index contributed by atoms with van der Waals surface area (Å²) in [6, 6.07) is 15.6. The molecular weight excluding hydrogens is 220 g/mol. The lowest BCUT2D eigenvalue weighted by Crippen LogP contribution is -1.96. The van der Waals surface area contributed by atoms with Crippen molar-refractivity contribution >= 4 is 11.6 Å². The van der Waals surface area contributed by atoms with Gasteiger partial charge in [0.15, 0.2) is 0 Å². The Morgan fingerprint density at radius 2 is 1.75 bits per heavy atom. The van der Waals surface area contributed by atoms with Crippen LogP contribution in [0.5, 0.6) is 5.75 Å². The molecule has 0 heterocycles. The minimum atomic E-state index is 0.518. The highest BCUT2D eigenvalue weighted by Crippen LogP contribution is 2.27. The van der Waals surface area contributed by atoms with E-state index in [-0.39, 0.29) is 0 Å². The second-order valence-electron chi connectivity index (χ2n) is 3.50. The molecule has 0 fully saturated rings. The third kappa shape index (κ3) is 2.56. The van der Waals surface area contributed by atoms with Gasteiger partial charge in [-0.15, -0.1) is 0 Å². The zero-order chi connectivity index (χ0) is 11.4. The molecule has 0 aliphatic rings. The average Bonchev–Trinajstić information content (AvgIpc) is 2.32. The molecule has 1 nitrogen and oxygen atoms in total. The molecule has 0 unspecified atom stereocenters. The molecule has 0 aromatic heterocycles. The molecule has 2 heteroatoms. The summed E-state index contributed by atoms with van der Waals surface area (Å²) >= 11 is 6.07. The number of ether oxygens (including phenoxy) is 1. The standard InChI is InChI=1S/C14H12ClO/c1-11-6-5-9-13(14(11)15)16-10-12-7-3-2-4-8-12/h2-9H,1,10H2. The number of benzene rings is 2. The fraction of sp³-hybridized carbons (Fsp3) is 0.0714. The zero-order valence-electron chi connectivity index (χ0n) is 8.82. The molecule has 16 heavy (non-hydrogen) atoms. The SMILES string of the molecule is [CH2]c1cccc(OCc2ccccc2)c1Cl. The van der Waals surface area contributed by atoms with Crippen molar-refractivity contribution in [2.45, 2.75) is 6.61 Å². The van der Waals surface area contributed by atoms with Gasteiger partial charge >= 0.3 is 0 Å². The van der Waals surface area contributed by atoms with Crippen LogP contribution in [0.2, 0.25) is 5.02 Å². The van der Waals surface area contributed by atoms with E-state index >= 15 is 0 Å². The highest BCUT2D eigenvalue weighted by atomic mass is 35.5. The maximum atomic E-state index is 6.07. The highest BCUT2D eigenvalue weighted by Gasteiger charge is 2.03. The minimum Gasteiger partial charge on any atom is -0.487 e. The number of hydrogen-bond acceptors (Lipinski definition) is 1. The Balaban J connectivity index is 2.08. The van der Waals surface area contributed by atoms with Crippen molar-refractivity contribution < 1.29 is 4.74 Å². The van der Waals surface area contributed by atoms with Gasteiger partial charge in [0.1, 0.15) is 12.4 Å². The van der Waals surface area contributed by atoms with Crippen LogP contribution < -0.4 is 4.74 Å². The molecule has 0 bridgehead atoms. The summed E-state index contributed by atoms with van der Waals surface area (Å²) in [6.07, 6.45) is 0. The molecule has 0 spiro atoms. The van der Waals surface area contributed by atoms with Crippen LogP contribution >= 0.6 is 11.6 Å². The fourth-order valence-electron chi connectivity index (χ4n) is 1.40. The summed E-state index contributed by atoms with van der Waals surface area (Å²) in [5.74, 6) is 0.679. The highest BCUT2D eigenvalue weighted by molar-refractivity contribution is 6.32. The number of hydrogen-bond donors (Lipinski definition) is 0. The molecule has 2 aromatic carbocycles. The molecule has 0 atom stereocenters. The van der Waals surface area contributed by atoms with Gasteiger partial charge in [-0.2, -0.15) is 0 Å². The van der Waals surface area contributed by atoms with Crippen molar-refractivity contribution in [3.8, 4) is 5.75 Å². The summed E-state index contributed by atoms with van der Waals surface area (Å²) in [7, 11) is 0. The second-order valence-corrected chi connectivity index (χ2v) is 3.88. The number of halogens is 1. The smallest absolute Gasteiger partial charge is 0.138 e. The van der Waals surface area contributed by atoms with Gasteiger partial charge in [-0.1, -0.05) is 54.1 Å². The van der Waals surface area contributed by atoms with Crippen LogP contribution in [0.15, 0.2) is 48.5 Å². The van der Waals surface area contributed by atoms with E-state index in [2.05, 4.69) is 6.92 Å². The first-order valence-electron chi connectivity index (χ1n) is 5.04. The van der Waals surface area contributed by atoms with Crippen molar-refractivity contribution in [2.24, 2.45) is 0 Å². The molecule has 2 rings (SSSR count). The van der Waals surface area contributed by atoms with Crippen molar-refractivity contribution in [2.75, 3.05) is 0 Å². The first-order valence-corrected chi connectivity index (χ1v) is 5.42. The fourth-order valence-corrected chi connectivity index (χ4v) is 1.58. The van der Waals surface area contributed by atoms with Gasteiger partial charge in [0, 0.05) is 0 Å². The molecule has 0 N–H and O–H groups in total. The van der Waals surface area contributed by atoms with E-state index in [9.17, 15) is 0 Å². The van der Waals surface area contributed by atoms with E-state index in [0.29, 0.717) is 17.4 Å². The van der Waals surface area contributed by atoms with Crippen LogP contribution in [0.3, 0.4) is 0 Å². The summed E-state index contributed by atoms with van der Waals surface area (Å²) in [6.45, 7) is 4.34. The van der Waals surface area contributed by atoms with Crippen molar-refractivity contribution in [3.05, 3.63) is 71.6 Å². The van der Waals surface area contributed by atoms with E-state index in [1.54, 1.807) is 0 Å². The van der Waals surface area contributed by atoms with E-state index in [4.69, 9.17) is 16.3 Å². The quantitative estimate of drug-likeness (QED) is 0.773. The van der Waals surface area contributed by atoms with Gasteiger partial charge in [0.25, 0.3) is 0 Å². The van der Waals surface area contributed by atoms with Crippen molar-refractivity contribution in [1.82, 2.24) is 0 Å². The van der Waals surface area contributed by atoms with Crippen molar-refractivity contribution in [1.29, 1.82) is 0 Å². The summed E-state index contributed by atoms with van der Waals surface area (Å²) in [5, 5.41) is 0.582. The van der Waals surface area contributed by atoms with E-state index in [0.717, 1.165) is 11.1 Å². The average molecular weight is 232 g/mol. The third-order valence-corrected chi connectivity index (χ3v) is 2.71. The monoisotopic (exact) mass is 231 g/mol.